The van der Waals surface area contributed by atoms with E-state index in [2.05, 4.69) is 5.32 Å². The lowest BCUT2D eigenvalue weighted by Gasteiger charge is -2.18. The van der Waals surface area contributed by atoms with Crippen molar-refractivity contribution in [3.8, 4) is 0 Å². The number of para-hydroxylation sites is 1. The third-order valence-electron chi connectivity index (χ3n) is 3.10. The minimum Gasteiger partial charge on any atom is -0.481 e. The van der Waals surface area contributed by atoms with Crippen LogP contribution in [-0.2, 0) is 9.59 Å². The van der Waals surface area contributed by atoms with Gasteiger partial charge in [0.1, 0.15) is 0 Å². The van der Waals surface area contributed by atoms with Crippen molar-refractivity contribution in [1.82, 2.24) is 0 Å². The van der Waals surface area contributed by atoms with Crippen LogP contribution in [0.25, 0.3) is 0 Å². The van der Waals surface area contributed by atoms with E-state index in [1.165, 1.54) is 0 Å². The summed E-state index contributed by atoms with van der Waals surface area (Å²) in [5, 5.41) is 12.2. The van der Waals surface area contributed by atoms with E-state index in [1.807, 2.05) is 0 Å². The minimum atomic E-state index is -0.861. The summed E-state index contributed by atoms with van der Waals surface area (Å²) in [6, 6.07) is 6.95. The predicted molar refractivity (Wildman–Crippen MR) is 75.3 cm³/mol. The Morgan fingerprint density at radius 3 is 2.53 bits per heavy atom. The van der Waals surface area contributed by atoms with E-state index in [0.29, 0.717) is 17.1 Å². The maximum atomic E-state index is 11.9. The van der Waals surface area contributed by atoms with E-state index < -0.39 is 11.9 Å². The quantitative estimate of drug-likeness (QED) is 0.841. The molecule has 0 radical (unpaired) electrons. The topological polar surface area (TPSA) is 66.4 Å². The average Bonchev–Trinajstić information content (AvgIpc) is 2.32. The molecule has 1 rings (SSSR count). The Hall–Kier alpha value is -1.55. The number of anilines is 1. The molecular weight excluding hydrogens is 266 g/mol. The lowest BCUT2D eigenvalue weighted by atomic mass is 9.89. The number of carbonyl (C=O) groups is 2. The number of halogens is 1. The molecule has 0 unspecified atom stereocenters. The highest BCUT2D eigenvalue weighted by Crippen LogP contribution is 2.23. The first-order valence-corrected chi connectivity index (χ1v) is 6.60. The van der Waals surface area contributed by atoms with Crippen molar-refractivity contribution in [2.45, 2.75) is 26.7 Å². The van der Waals surface area contributed by atoms with Crippen LogP contribution < -0.4 is 5.32 Å². The highest BCUT2D eigenvalue weighted by molar-refractivity contribution is 6.33. The molecule has 0 spiro atoms. The number of carbonyl (C=O) groups excluding carboxylic acids is 1. The number of benzene rings is 1. The molecule has 4 nitrogen and oxygen atoms in total. The van der Waals surface area contributed by atoms with Crippen molar-refractivity contribution in [3.05, 3.63) is 29.3 Å². The lowest BCUT2D eigenvalue weighted by Crippen LogP contribution is -2.25. The highest BCUT2D eigenvalue weighted by Gasteiger charge is 2.24. The molecule has 0 aliphatic rings. The lowest BCUT2D eigenvalue weighted by molar-refractivity contribution is -0.143. The predicted octanol–water partition coefficient (Wildman–Crippen LogP) is 3.42. The van der Waals surface area contributed by atoms with Crippen molar-refractivity contribution in [2.75, 3.05) is 5.32 Å². The van der Waals surface area contributed by atoms with Crippen molar-refractivity contribution >= 4 is 29.2 Å². The molecular formula is C14H18ClNO3. The molecule has 19 heavy (non-hydrogen) atoms. The van der Waals surface area contributed by atoms with E-state index in [1.54, 1.807) is 38.1 Å². The van der Waals surface area contributed by atoms with Gasteiger partial charge < -0.3 is 10.4 Å². The minimum absolute atomic E-state index is 0.163. The molecule has 0 saturated carbocycles. The van der Waals surface area contributed by atoms with Crippen LogP contribution in [-0.4, -0.2) is 17.0 Å². The van der Waals surface area contributed by atoms with Crippen molar-refractivity contribution in [1.29, 1.82) is 0 Å². The molecule has 1 amide bonds. The van der Waals surface area contributed by atoms with Gasteiger partial charge in [0.25, 0.3) is 0 Å². The number of nitrogens with one attached hydrogen (secondary N) is 1. The number of hydrogen-bond donors (Lipinski definition) is 2. The average molecular weight is 284 g/mol. The number of amides is 1. The molecule has 2 atom stereocenters. The van der Waals surface area contributed by atoms with Gasteiger partial charge in [-0.05, 0) is 24.5 Å². The van der Waals surface area contributed by atoms with Crippen LogP contribution in [0.15, 0.2) is 24.3 Å². The maximum Gasteiger partial charge on any atom is 0.306 e. The Labute approximate surface area is 117 Å². The third-order valence-corrected chi connectivity index (χ3v) is 3.43. The second-order valence-electron chi connectivity index (χ2n) is 4.56. The maximum absolute atomic E-state index is 11.9. The third kappa shape index (κ3) is 4.56. The van der Waals surface area contributed by atoms with E-state index in [0.717, 1.165) is 0 Å². The van der Waals surface area contributed by atoms with Gasteiger partial charge in [-0.15, -0.1) is 0 Å². The van der Waals surface area contributed by atoms with Crippen LogP contribution >= 0.6 is 11.6 Å². The van der Waals surface area contributed by atoms with Gasteiger partial charge in [-0.25, -0.2) is 0 Å². The van der Waals surface area contributed by atoms with Gasteiger partial charge in [-0.3, -0.25) is 9.59 Å². The van der Waals surface area contributed by atoms with Gasteiger partial charge >= 0.3 is 5.97 Å². The molecule has 0 fully saturated rings. The molecule has 0 saturated heterocycles. The van der Waals surface area contributed by atoms with Gasteiger partial charge in [0.2, 0.25) is 5.91 Å². The van der Waals surface area contributed by atoms with Gasteiger partial charge in [-0.2, -0.15) is 0 Å². The van der Waals surface area contributed by atoms with Crippen LogP contribution in [0.1, 0.15) is 26.7 Å². The number of carboxylic acid groups (broad SMARTS) is 1. The molecule has 5 heteroatoms. The van der Waals surface area contributed by atoms with E-state index in [4.69, 9.17) is 16.7 Å². The molecule has 0 aliphatic carbocycles. The fourth-order valence-electron chi connectivity index (χ4n) is 2.02. The number of rotatable bonds is 6. The monoisotopic (exact) mass is 283 g/mol. The van der Waals surface area contributed by atoms with E-state index in [9.17, 15) is 9.59 Å². The molecule has 104 valence electrons. The second-order valence-corrected chi connectivity index (χ2v) is 4.97. The summed E-state index contributed by atoms with van der Waals surface area (Å²) in [6.45, 7) is 3.58. The zero-order valence-corrected chi connectivity index (χ0v) is 11.8. The molecule has 2 N–H and O–H groups in total. The molecule has 0 heterocycles. The Morgan fingerprint density at radius 1 is 1.37 bits per heavy atom. The van der Waals surface area contributed by atoms with Crippen LogP contribution in [0, 0.1) is 11.8 Å². The zero-order chi connectivity index (χ0) is 14.4. The molecule has 1 aromatic carbocycles. The first-order chi connectivity index (χ1) is 8.95. The first kappa shape index (κ1) is 15.5. The summed E-state index contributed by atoms with van der Waals surface area (Å²) in [4.78, 5) is 22.9. The summed E-state index contributed by atoms with van der Waals surface area (Å²) in [6.07, 6.45) is 0.673. The highest BCUT2D eigenvalue weighted by atomic mass is 35.5. The first-order valence-electron chi connectivity index (χ1n) is 6.22. The smallest absolute Gasteiger partial charge is 0.306 e. The van der Waals surface area contributed by atoms with Gasteiger partial charge in [-0.1, -0.05) is 37.6 Å². The Balaban J connectivity index is 2.61. The number of hydrogen-bond acceptors (Lipinski definition) is 2. The zero-order valence-electron chi connectivity index (χ0n) is 11.0. The summed E-state index contributed by atoms with van der Waals surface area (Å²) >= 11 is 5.94. The van der Waals surface area contributed by atoms with Crippen molar-refractivity contribution in [2.24, 2.45) is 11.8 Å². The summed E-state index contributed by atoms with van der Waals surface area (Å²) in [7, 11) is 0. The van der Waals surface area contributed by atoms with E-state index in [-0.39, 0.29) is 18.2 Å². The fraction of sp³-hybridized carbons (Fsp3) is 0.429. The second kappa shape index (κ2) is 7.14. The molecule has 1 aromatic rings. The summed E-state index contributed by atoms with van der Waals surface area (Å²) < 4.78 is 0. The Kier molecular flexibility index (Phi) is 5.83. The Bertz CT molecular complexity index is 462. The van der Waals surface area contributed by atoms with Gasteiger partial charge in [0.05, 0.1) is 16.6 Å². The SMILES string of the molecule is CC[C@H](C(=O)O)[C@@H](C)CC(=O)Nc1ccccc1Cl. The summed E-state index contributed by atoms with van der Waals surface area (Å²) in [5.41, 5.74) is 0.546. The number of carboxylic acids is 1. The van der Waals surface area contributed by atoms with Crippen LogP contribution in [0.4, 0.5) is 5.69 Å². The largest absolute Gasteiger partial charge is 0.481 e. The fourth-order valence-corrected chi connectivity index (χ4v) is 2.20. The standard InChI is InChI=1S/C14H18ClNO3/c1-3-10(14(18)19)9(2)8-13(17)16-12-7-5-4-6-11(12)15/h4-7,9-10H,3,8H2,1-2H3,(H,16,17)(H,18,19)/t9-,10-/m0/s1. The summed E-state index contributed by atoms with van der Waals surface area (Å²) in [5.74, 6) is -1.80. The molecule has 0 aliphatic heterocycles. The Morgan fingerprint density at radius 2 is 2.00 bits per heavy atom. The normalized spacial score (nSPS) is 13.6. The molecule has 0 bridgehead atoms. The number of aliphatic carboxylic acids is 1. The van der Waals surface area contributed by atoms with Gasteiger partial charge in [0, 0.05) is 6.42 Å². The van der Waals surface area contributed by atoms with Crippen molar-refractivity contribution < 1.29 is 14.7 Å². The van der Waals surface area contributed by atoms with Crippen LogP contribution in [0.5, 0.6) is 0 Å². The van der Waals surface area contributed by atoms with Crippen molar-refractivity contribution in [3.63, 3.8) is 0 Å². The molecule has 0 aromatic heterocycles. The van der Waals surface area contributed by atoms with Crippen LogP contribution in [0.3, 0.4) is 0 Å². The van der Waals surface area contributed by atoms with Crippen LogP contribution in [0.2, 0.25) is 5.02 Å². The van der Waals surface area contributed by atoms with Gasteiger partial charge in [0.15, 0.2) is 0 Å². The van der Waals surface area contributed by atoms with E-state index >= 15 is 0 Å².